The second-order valence-electron chi connectivity index (χ2n) is 5.58. The summed E-state index contributed by atoms with van der Waals surface area (Å²) in [5.41, 5.74) is 1.45. The third-order valence-electron chi connectivity index (χ3n) is 3.15. The number of nitrogens with zero attached hydrogens (tertiary/aromatic N) is 1. The molecule has 0 aromatic carbocycles. The lowest BCUT2D eigenvalue weighted by atomic mass is 9.78. The van der Waals surface area contributed by atoms with Crippen molar-refractivity contribution in [2.75, 3.05) is 17.5 Å². The van der Waals surface area contributed by atoms with Crippen LogP contribution in [-0.2, 0) is 4.79 Å². The highest BCUT2D eigenvalue weighted by Crippen LogP contribution is 2.35. The first kappa shape index (κ1) is 15.0. The average molecular weight is 349 g/mol. The van der Waals surface area contributed by atoms with Gasteiger partial charge in [-0.25, -0.2) is 0 Å². The minimum atomic E-state index is 0.170. The maximum Gasteiger partial charge on any atom is 0.157 e. The van der Waals surface area contributed by atoms with Crippen LogP contribution in [0.4, 0.5) is 0 Å². The quantitative estimate of drug-likeness (QED) is 0.530. The van der Waals surface area contributed by atoms with Crippen molar-refractivity contribution in [2.45, 2.75) is 46.5 Å². The maximum atomic E-state index is 11.5. The van der Waals surface area contributed by atoms with Gasteiger partial charge in [0.1, 0.15) is 0 Å². The van der Waals surface area contributed by atoms with Crippen LogP contribution in [0.1, 0.15) is 46.5 Å². The number of allylic oxidation sites excluding steroid dienone is 2. The van der Waals surface area contributed by atoms with Crippen LogP contribution >= 0.6 is 22.6 Å². The SMILES string of the molecule is CC1(C)CC(=O)C=C(N2CCCC2)C1.CCI. The number of rotatable bonds is 1. The average Bonchev–Trinajstić information content (AvgIpc) is 2.67. The number of likely N-dealkylation sites (tertiary alicyclic amines) is 1. The summed E-state index contributed by atoms with van der Waals surface area (Å²) < 4.78 is 1.22. The minimum absolute atomic E-state index is 0.170. The van der Waals surface area contributed by atoms with Crippen LogP contribution in [0.25, 0.3) is 0 Å². The molecule has 0 saturated carbocycles. The van der Waals surface area contributed by atoms with E-state index in [-0.39, 0.29) is 5.41 Å². The van der Waals surface area contributed by atoms with Gasteiger partial charge in [0, 0.05) is 31.3 Å². The maximum absolute atomic E-state index is 11.5. The second-order valence-corrected chi connectivity index (χ2v) is 7.11. The van der Waals surface area contributed by atoms with E-state index in [1.54, 1.807) is 0 Å². The minimum Gasteiger partial charge on any atom is -0.375 e. The van der Waals surface area contributed by atoms with Crippen molar-refractivity contribution in [3.8, 4) is 0 Å². The monoisotopic (exact) mass is 349 g/mol. The predicted octanol–water partition coefficient (Wildman–Crippen LogP) is 3.80. The van der Waals surface area contributed by atoms with E-state index in [9.17, 15) is 4.79 Å². The number of ketones is 1. The van der Waals surface area contributed by atoms with Crippen LogP contribution in [0.15, 0.2) is 11.8 Å². The molecule has 1 aliphatic carbocycles. The zero-order valence-corrected chi connectivity index (χ0v) is 13.4. The van der Waals surface area contributed by atoms with E-state index in [1.165, 1.54) is 23.0 Å². The summed E-state index contributed by atoms with van der Waals surface area (Å²) >= 11 is 2.29. The molecule has 2 nitrogen and oxygen atoms in total. The third kappa shape index (κ3) is 4.98. The predicted molar refractivity (Wildman–Crippen MR) is 81.5 cm³/mol. The Hall–Kier alpha value is -0.0600. The number of halogens is 1. The van der Waals surface area contributed by atoms with Gasteiger partial charge in [-0.05, 0) is 29.1 Å². The van der Waals surface area contributed by atoms with E-state index in [0.717, 1.165) is 19.5 Å². The van der Waals surface area contributed by atoms with Gasteiger partial charge in [-0.15, -0.1) is 0 Å². The van der Waals surface area contributed by atoms with Crippen molar-refractivity contribution in [3.05, 3.63) is 11.8 Å². The van der Waals surface area contributed by atoms with Gasteiger partial charge < -0.3 is 4.90 Å². The highest BCUT2D eigenvalue weighted by Gasteiger charge is 2.30. The summed E-state index contributed by atoms with van der Waals surface area (Å²) in [4.78, 5) is 13.9. The fourth-order valence-corrected chi connectivity index (χ4v) is 2.52. The Labute approximate surface area is 119 Å². The molecule has 98 valence electrons. The van der Waals surface area contributed by atoms with E-state index in [0.29, 0.717) is 12.2 Å². The molecule has 0 radical (unpaired) electrons. The van der Waals surface area contributed by atoms with Crippen molar-refractivity contribution in [3.63, 3.8) is 0 Å². The Morgan fingerprint density at radius 2 is 1.82 bits per heavy atom. The smallest absolute Gasteiger partial charge is 0.157 e. The summed E-state index contributed by atoms with van der Waals surface area (Å²) in [6.07, 6.45) is 6.22. The molecule has 1 fully saturated rings. The summed E-state index contributed by atoms with van der Waals surface area (Å²) in [6, 6.07) is 0. The van der Waals surface area contributed by atoms with Crippen LogP contribution in [-0.4, -0.2) is 28.2 Å². The van der Waals surface area contributed by atoms with Crippen molar-refractivity contribution < 1.29 is 4.79 Å². The topological polar surface area (TPSA) is 20.3 Å². The van der Waals surface area contributed by atoms with Gasteiger partial charge in [0.25, 0.3) is 0 Å². The molecule has 0 N–H and O–H groups in total. The first-order chi connectivity index (χ1) is 7.98. The van der Waals surface area contributed by atoms with Crippen molar-refractivity contribution in [2.24, 2.45) is 5.41 Å². The van der Waals surface area contributed by atoms with Crippen molar-refractivity contribution in [1.82, 2.24) is 4.90 Å². The van der Waals surface area contributed by atoms with Crippen LogP contribution < -0.4 is 0 Å². The molecule has 3 heteroatoms. The fraction of sp³-hybridized carbons (Fsp3) is 0.786. The number of carbonyl (C=O) groups is 1. The normalized spacial score (nSPS) is 22.9. The summed E-state index contributed by atoms with van der Waals surface area (Å²) in [5, 5.41) is 0. The molecule has 2 rings (SSSR count). The lowest BCUT2D eigenvalue weighted by Gasteiger charge is -2.33. The Balaban J connectivity index is 0.000000437. The van der Waals surface area contributed by atoms with Crippen LogP contribution in [0, 0.1) is 5.41 Å². The van der Waals surface area contributed by atoms with Gasteiger partial charge in [-0.1, -0.05) is 43.4 Å². The first-order valence-corrected chi connectivity index (χ1v) is 8.05. The Morgan fingerprint density at radius 3 is 2.29 bits per heavy atom. The lowest BCUT2D eigenvalue weighted by molar-refractivity contribution is -0.117. The lowest BCUT2D eigenvalue weighted by Crippen LogP contribution is -2.29. The molecular formula is C14H24INO. The van der Waals surface area contributed by atoms with Crippen LogP contribution in [0.5, 0.6) is 0 Å². The first-order valence-electron chi connectivity index (χ1n) is 6.53. The molecule has 0 bridgehead atoms. The molecule has 1 aliphatic heterocycles. The van der Waals surface area contributed by atoms with Crippen molar-refractivity contribution in [1.29, 1.82) is 0 Å². The van der Waals surface area contributed by atoms with Gasteiger partial charge in [-0.3, -0.25) is 4.79 Å². The highest BCUT2D eigenvalue weighted by atomic mass is 127. The fourth-order valence-electron chi connectivity index (χ4n) is 2.52. The summed E-state index contributed by atoms with van der Waals surface area (Å²) in [6.45, 7) is 8.78. The molecule has 0 atom stereocenters. The molecule has 1 saturated heterocycles. The number of carbonyl (C=O) groups excluding carboxylic acids is 1. The molecule has 1 heterocycles. The molecule has 0 aromatic heterocycles. The van der Waals surface area contributed by atoms with E-state index >= 15 is 0 Å². The zero-order chi connectivity index (χ0) is 12.9. The van der Waals surface area contributed by atoms with Crippen LogP contribution in [0.3, 0.4) is 0 Å². The van der Waals surface area contributed by atoms with Gasteiger partial charge in [0.05, 0.1) is 0 Å². The van der Waals surface area contributed by atoms with E-state index in [4.69, 9.17) is 0 Å². The summed E-state index contributed by atoms with van der Waals surface area (Å²) in [7, 11) is 0. The second kappa shape index (κ2) is 6.76. The number of hydrogen-bond donors (Lipinski definition) is 0. The van der Waals surface area contributed by atoms with Crippen molar-refractivity contribution >= 4 is 28.4 Å². The molecule has 0 aromatic rings. The Kier molecular flexibility index (Phi) is 5.97. The third-order valence-corrected chi connectivity index (χ3v) is 3.15. The van der Waals surface area contributed by atoms with Gasteiger partial charge in [0.15, 0.2) is 5.78 Å². The molecule has 2 aliphatic rings. The number of alkyl halides is 1. The van der Waals surface area contributed by atoms with E-state index < -0.39 is 0 Å². The van der Waals surface area contributed by atoms with Gasteiger partial charge in [0.2, 0.25) is 0 Å². The van der Waals surface area contributed by atoms with Crippen LogP contribution in [0.2, 0.25) is 0 Å². The molecule has 17 heavy (non-hydrogen) atoms. The standard InChI is InChI=1S/C12H19NO.C2H5I/c1-12(2)8-10(7-11(14)9-12)13-5-3-4-6-13;1-2-3/h7H,3-6,8-9H2,1-2H3;2H2,1H3. The van der Waals surface area contributed by atoms with Gasteiger partial charge in [-0.2, -0.15) is 0 Å². The Morgan fingerprint density at radius 1 is 1.29 bits per heavy atom. The Bertz CT molecular complexity index is 291. The molecule has 0 amide bonds. The summed E-state index contributed by atoms with van der Waals surface area (Å²) in [5.74, 6) is 0.308. The molecule has 0 spiro atoms. The zero-order valence-electron chi connectivity index (χ0n) is 11.3. The highest BCUT2D eigenvalue weighted by molar-refractivity contribution is 14.1. The molecular weight excluding hydrogens is 325 g/mol. The van der Waals surface area contributed by atoms with Gasteiger partial charge >= 0.3 is 0 Å². The number of hydrogen-bond acceptors (Lipinski definition) is 2. The van der Waals surface area contributed by atoms with E-state index in [1.807, 2.05) is 6.08 Å². The largest absolute Gasteiger partial charge is 0.375 e. The van der Waals surface area contributed by atoms with E-state index in [2.05, 4.69) is 48.3 Å². The molecule has 0 unspecified atom stereocenters.